The molecule has 0 bridgehead atoms. The van der Waals surface area contributed by atoms with Crippen molar-refractivity contribution in [2.75, 3.05) is 6.26 Å². The van der Waals surface area contributed by atoms with Crippen LogP contribution in [0.4, 0.5) is 13.2 Å². The van der Waals surface area contributed by atoms with E-state index in [-0.39, 0.29) is 22.4 Å². The molecule has 0 aliphatic rings. The molecule has 0 saturated carbocycles. The van der Waals surface area contributed by atoms with Crippen LogP contribution in [0.1, 0.15) is 88.5 Å². The second-order valence-electron chi connectivity index (χ2n) is 13.8. The van der Waals surface area contributed by atoms with E-state index in [0.29, 0.717) is 10.6 Å². The topological polar surface area (TPSA) is 142 Å². The van der Waals surface area contributed by atoms with Gasteiger partial charge in [-0.3, -0.25) is 30.0 Å². The molecule has 4 amide bonds. The highest BCUT2D eigenvalue weighted by Gasteiger charge is 2.33. The van der Waals surface area contributed by atoms with Crippen LogP contribution in [0.15, 0.2) is 103 Å². The average molecular weight is 789 g/mol. The molecule has 4 aromatic carbocycles. The summed E-state index contributed by atoms with van der Waals surface area (Å²) in [4.78, 5) is 50.6. The van der Waals surface area contributed by atoms with E-state index >= 15 is 0 Å². The number of halogens is 4. The van der Waals surface area contributed by atoms with E-state index in [1.165, 1.54) is 53.5 Å². The van der Waals surface area contributed by atoms with E-state index in [1.54, 1.807) is 71.9 Å². The largest absolute Gasteiger partial charge is 0.416 e. The fourth-order valence-corrected chi connectivity index (χ4v) is 5.04. The van der Waals surface area contributed by atoms with Crippen molar-refractivity contribution in [3.05, 3.63) is 136 Å². The lowest BCUT2D eigenvalue weighted by molar-refractivity contribution is -0.137. The number of amides is 4. The van der Waals surface area contributed by atoms with Crippen molar-refractivity contribution in [3.8, 4) is 5.75 Å². The van der Waals surface area contributed by atoms with Crippen LogP contribution >= 0.6 is 11.6 Å². The summed E-state index contributed by atoms with van der Waals surface area (Å²) in [5.41, 5.74) is 3.81. The molecule has 4 rings (SSSR count). The molecular weight excluding hydrogens is 749 g/mol. The Hall–Kier alpha value is -5.41. The maximum atomic E-state index is 12.9. The third-order valence-electron chi connectivity index (χ3n) is 7.12. The van der Waals surface area contributed by atoms with Crippen molar-refractivity contribution in [1.82, 2.24) is 20.9 Å². The minimum absolute atomic E-state index is 0.0225. The van der Waals surface area contributed by atoms with Crippen molar-refractivity contribution in [3.63, 3.8) is 0 Å². The van der Waals surface area contributed by atoms with Gasteiger partial charge in [0.2, 0.25) is 0 Å². The Kier molecular flexibility index (Phi) is 13.7. The Bertz CT molecular complexity index is 2050. The third-order valence-corrected chi connectivity index (χ3v) is 7.87. The number of nitrogens with one attached hydrogen (secondary N) is 2. The van der Waals surface area contributed by atoms with Crippen LogP contribution in [0.2, 0.25) is 5.02 Å². The van der Waals surface area contributed by atoms with E-state index in [4.69, 9.17) is 15.8 Å². The molecule has 288 valence electrons. The van der Waals surface area contributed by atoms with Crippen molar-refractivity contribution < 1.29 is 45.0 Å². The van der Waals surface area contributed by atoms with Gasteiger partial charge in [0.1, 0.15) is 5.75 Å². The fourth-order valence-electron chi connectivity index (χ4n) is 4.46. The highest BCUT2D eigenvalue weighted by molar-refractivity contribution is 7.86. The molecule has 0 fully saturated rings. The van der Waals surface area contributed by atoms with Crippen LogP contribution < -0.4 is 15.0 Å². The number of carbonyl (C=O) groups is 4. The number of alkyl halides is 3. The number of hydrogen-bond acceptors (Lipinski definition) is 7. The average Bonchev–Trinajstić information content (AvgIpc) is 3.08. The van der Waals surface area contributed by atoms with E-state index in [9.17, 15) is 40.8 Å². The van der Waals surface area contributed by atoms with E-state index < -0.39 is 56.6 Å². The van der Waals surface area contributed by atoms with E-state index in [0.717, 1.165) is 35.5 Å². The van der Waals surface area contributed by atoms with Crippen molar-refractivity contribution >= 4 is 45.3 Å². The fraction of sp³-hybridized carbons (Fsp3) is 0.263. The van der Waals surface area contributed by atoms with E-state index in [2.05, 4.69) is 10.9 Å². The summed E-state index contributed by atoms with van der Waals surface area (Å²) in [5.74, 6) is -1.90. The van der Waals surface area contributed by atoms with Crippen molar-refractivity contribution in [2.24, 2.45) is 0 Å². The smallest absolute Gasteiger partial charge is 0.383 e. The molecule has 0 aliphatic heterocycles. The van der Waals surface area contributed by atoms with Gasteiger partial charge >= 0.3 is 16.3 Å². The third kappa shape index (κ3) is 12.6. The summed E-state index contributed by atoms with van der Waals surface area (Å²) in [5, 5.41) is 2.79. The molecule has 4 aromatic rings. The van der Waals surface area contributed by atoms with Gasteiger partial charge in [0, 0.05) is 27.3 Å². The molecule has 0 saturated heterocycles. The predicted octanol–water partition coefficient (Wildman–Crippen LogP) is 7.56. The standard InChI is InChI=1S/C19H18ClF3N2O2.C19H22N2O5S/c1-18(2,3)25(24-16(26)12-6-10-15(20)11-7-12)17(27)13-4-8-14(9-5-13)19(21,22)23;1-19(2,3)21(20-17(22)14-8-6-5-7-9-14)18(23)15-10-12-16(13-11-15)26-27(4,24)25/h4-11H,1-3H3,(H,24,26);5-13H,1-4H3,(H,20,22). The van der Waals surface area contributed by atoms with Crippen LogP contribution in [0, 0.1) is 0 Å². The lowest BCUT2D eigenvalue weighted by atomic mass is 10.1. The van der Waals surface area contributed by atoms with Gasteiger partial charge in [-0.05, 0) is 126 Å². The van der Waals surface area contributed by atoms with Gasteiger partial charge in [0.05, 0.1) is 22.9 Å². The monoisotopic (exact) mass is 788 g/mol. The lowest BCUT2D eigenvalue weighted by Gasteiger charge is -2.35. The number of hydrogen-bond donors (Lipinski definition) is 2. The zero-order valence-electron chi connectivity index (χ0n) is 30.5. The van der Waals surface area contributed by atoms with Gasteiger partial charge in [-0.2, -0.15) is 21.6 Å². The maximum Gasteiger partial charge on any atom is 0.416 e. The number of nitrogens with zero attached hydrogens (tertiary/aromatic N) is 2. The van der Waals surface area contributed by atoms with Crippen LogP contribution in [0.3, 0.4) is 0 Å². The molecular formula is C38H40ClF3N4O7S. The van der Waals surface area contributed by atoms with Crippen LogP contribution in [-0.4, -0.2) is 59.4 Å². The van der Waals surface area contributed by atoms with Crippen LogP contribution in [0.25, 0.3) is 0 Å². The molecule has 16 heteroatoms. The first kappa shape index (κ1) is 43.0. The van der Waals surface area contributed by atoms with Gasteiger partial charge in [-0.15, -0.1) is 0 Å². The van der Waals surface area contributed by atoms with Crippen molar-refractivity contribution in [1.29, 1.82) is 0 Å². The second kappa shape index (κ2) is 17.2. The van der Waals surface area contributed by atoms with Gasteiger partial charge < -0.3 is 4.18 Å². The summed E-state index contributed by atoms with van der Waals surface area (Å²) in [7, 11) is -3.65. The summed E-state index contributed by atoms with van der Waals surface area (Å²) >= 11 is 5.79. The number of hydrazine groups is 2. The summed E-state index contributed by atoms with van der Waals surface area (Å²) in [6.45, 7) is 10.4. The second-order valence-corrected chi connectivity index (χ2v) is 15.8. The number of rotatable bonds is 6. The van der Waals surface area contributed by atoms with Gasteiger partial charge in [0.25, 0.3) is 23.6 Å². The van der Waals surface area contributed by atoms with Gasteiger partial charge in [-0.25, -0.2) is 10.0 Å². The highest BCUT2D eigenvalue weighted by atomic mass is 35.5. The molecule has 2 N–H and O–H groups in total. The Morgan fingerprint density at radius 2 is 0.963 bits per heavy atom. The minimum atomic E-state index is -4.49. The molecule has 0 aliphatic carbocycles. The first-order chi connectivity index (χ1) is 24.9. The van der Waals surface area contributed by atoms with Gasteiger partial charge in [-0.1, -0.05) is 29.8 Å². The number of carbonyl (C=O) groups excluding carboxylic acids is 4. The Morgan fingerprint density at radius 3 is 1.33 bits per heavy atom. The maximum absolute atomic E-state index is 12.9. The van der Waals surface area contributed by atoms with Gasteiger partial charge in [0.15, 0.2) is 0 Å². The minimum Gasteiger partial charge on any atom is -0.383 e. The Morgan fingerprint density at radius 1 is 0.593 bits per heavy atom. The van der Waals surface area contributed by atoms with Crippen molar-refractivity contribution in [2.45, 2.75) is 58.8 Å². The zero-order valence-corrected chi connectivity index (χ0v) is 32.1. The quantitative estimate of drug-likeness (QED) is 0.152. The predicted molar refractivity (Wildman–Crippen MR) is 198 cm³/mol. The molecule has 0 spiro atoms. The van der Waals surface area contributed by atoms with Crippen LogP contribution in [0.5, 0.6) is 5.75 Å². The molecule has 0 atom stereocenters. The zero-order chi connectivity index (χ0) is 40.6. The number of benzene rings is 4. The first-order valence-corrected chi connectivity index (χ1v) is 18.3. The molecule has 11 nitrogen and oxygen atoms in total. The van der Waals surface area contributed by atoms with Crippen LogP contribution in [-0.2, 0) is 16.3 Å². The summed E-state index contributed by atoms with van der Waals surface area (Å²) in [6, 6.07) is 24.1. The summed E-state index contributed by atoms with van der Waals surface area (Å²) < 4.78 is 65.2. The molecule has 54 heavy (non-hydrogen) atoms. The molecule has 0 radical (unpaired) electrons. The molecule has 0 aromatic heterocycles. The molecule has 0 unspecified atom stereocenters. The summed E-state index contributed by atoms with van der Waals surface area (Å²) in [6.07, 6.45) is -3.55. The molecule has 0 heterocycles. The lowest BCUT2D eigenvalue weighted by Crippen LogP contribution is -2.55. The normalized spacial score (nSPS) is 11.7. The first-order valence-electron chi connectivity index (χ1n) is 16.2. The Labute approximate surface area is 317 Å². The highest BCUT2D eigenvalue weighted by Crippen LogP contribution is 2.29. The van der Waals surface area contributed by atoms with E-state index in [1.807, 2.05) is 0 Å². The Balaban J connectivity index is 0.000000290. The SMILES string of the molecule is CC(C)(C)N(NC(=O)c1ccc(Cl)cc1)C(=O)c1ccc(C(F)(F)F)cc1.CC(C)(C)N(NC(=O)c1ccccc1)C(=O)c1ccc(OS(C)(=O)=O)cc1.